The van der Waals surface area contributed by atoms with Crippen molar-refractivity contribution in [2.45, 2.75) is 6.42 Å². The molecule has 2 aromatic carbocycles. The van der Waals surface area contributed by atoms with Crippen molar-refractivity contribution < 1.29 is 9.53 Å². The minimum absolute atomic E-state index is 0. The number of ether oxygens (including phenoxy) is 1. The van der Waals surface area contributed by atoms with E-state index in [4.69, 9.17) is 4.74 Å². The molecular weight excluding hydrogens is 382 g/mol. The summed E-state index contributed by atoms with van der Waals surface area (Å²) in [5.41, 5.74) is 0.918. The number of nitrogens with zero attached hydrogens (tertiary/aromatic N) is 3. The number of para-hydroxylation sites is 2. The van der Waals surface area contributed by atoms with Gasteiger partial charge in [-0.05, 0) is 51.3 Å². The third-order valence-electron chi connectivity index (χ3n) is 3.91. The van der Waals surface area contributed by atoms with E-state index < -0.39 is 0 Å². The Morgan fingerprint density at radius 3 is 2.44 bits per heavy atom. The van der Waals surface area contributed by atoms with Gasteiger partial charge in [0.1, 0.15) is 5.75 Å². The number of rotatable bonds is 8. The van der Waals surface area contributed by atoms with Crippen molar-refractivity contribution in [1.82, 2.24) is 9.88 Å². The summed E-state index contributed by atoms with van der Waals surface area (Å²) in [6.45, 7) is 1.53. The largest absolute Gasteiger partial charge is 0.484 e. The van der Waals surface area contributed by atoms with E-state index in [1.54, 1.807) is 4.90 Å². The highest BCUT2D eigenvalue weighted by Crippen LogP contribution is 2.29. The van der Waals surface area contributed by atoms with E-state index in [-0.39, 0.29) is 24.9 Å². The Labute approximate surface area is 170 Å². The minimum atomic E-state index is -0.0772. The van der Waals surface area contributed by atoms with Crippen LogP contribution in [0.15, 0.2) is 54.6 Å². The summed E-state index contributed by atoms with van der Waals surface area (Å²) < 4.78 is 6.73. The molecule has 0 spiro atoms. The molecule has 1 amide bonds. The smallest absolute Gasteiger partial charge is 0.266 e. The molecule has 0 radical (unpaired) electrons. The SMILES string of the molecule is CN(C)CCCN(C(=O)COc1ccccc1)c1nc2ccccc2s1.Cl. The van der Waals surface area contributed by atoms with Crippen LogP contribution in [-0.4, -0.2) is 49.6 Å². The Balaban J connectivity index is 0.00000261. The first-order chi connectivity index (χ1) is 12.6. The quantitative estimate of drug-likeness (QED) is 0.566. The molecule has 0 N–H and O–H groups in total. The molecule has 0 aliphatic rings. The van der Waals surface area contributed by atoms with Gasteiger partial charge in [-0.1, -0.05) is 41.7 Å². The molecule has 5 nitrogen and oxygen atoms in total. The number of halogens is 1. The molecule has 0 unspecified atom stereocenters. The van der Waals surface area contributed by atoms with Crippen molar-refractivity contribution in [2.75, 3.05) is 38.7 Å². The molecular formula is C20H24ClN3O2S. The Bertz CT molecular complexity index is 822. The first kappa shape index (κ1) is 21.2. The molecule has 0 fully saturated rings. The lowest BCUT2D eigenvalue weighted by Crippen LogP contribution is -2.36. The molecule has 0 aliphatic heterocycles. The van der Waals surface area contributed by atoms with Crippen LogP contribution in [0.2, 0.25) is 0 Å². The number of hydrogen-bond acceptors (Lipinski definition) is 5. The molecule has 3 rings (SSSR count). The monoisotopic (exact) mass is 405 g/mol. The lowest BCUT2D eigenvalue weighted by Gasteiger charge is -2.21. The van der Waals surface area contributed by atoms with Crippen LogP contribution in [0.3, 0.4) is 0 Å². The fourth-order valence-corrected chi connectivity index (χ4v) is 3.60. The maximum atomic E-state index is 12.8. The maximum Gasteiger partial charge on any atom is 0.266 e. The summed E-state index contributed by atoms with van der Waals surface area (Å²) in [7, 11) is 4.06. The predicted octanol–water partition coefficient (Wildman–Crippen LogP) is 4.08. The average molecular weight is 406 g/mol. The van der Waals surface area contributed by atoms with Gasteiger partial charge in [0.05, 0.1) is 10.2 Å². The molecule has 0 bridgehead atoms. The van der Waals surface area contributed by atoms with Crippen molar-refractivity contribution in [2.24, 2.45) is 0 Å². The highest BCUT2D eigenvalue weighted by molar-refractivity contribution is 7.22. The first-order valence-electron chi connectivity index (χ1n) is 8.62. The van der Waals surface area contributed by atoms with Crippen LogP contribution in [0.4, 0.5) is 5.13 Å². The Morgan fingerprint density at radius 2 is 1.74 bits per heavy atom. The van der Waals surface area contributed by atoms with E-state index in [0.29, 0.717) is 12.3 Å². The standard InChI is InChI=1S/C20H23N3O2S.ClH/c1-22(2)13-8-14-23(19(24)15-25-16-9-4-3-5-10-16)20-21-17-11-6-7-12-18(17)26-20;/h3-7,9-12H,8,13-15H2,1-2H3;1H. The Morgan fingerprint density at radius 1 is 1.04 bits per heavy atom. The lowest BCUT2D eigenvalue weighted by molar-refractivity contribution is -0.120. The zero-order valence-electron chi connectivity index (χ0n) is 15.5. The van der Waals surface area contributed by atoms with E-state index in [2.05, 4.69) is 9.88 Å². The number of carbonyl (C=O) groups is 1. The van der Waals surface area contributed by atoms with Gasteiger partial charge in [-0.3, -0.25) is 9.69 Å². The molecule has 3 aromatic rings. The summed E-state index contributed by atoms with van der Waals surface area (Å²) in [6, 6.07) is 17.3. The topological polar surface area (TPSA) is 45.7 Å². The second-order valence-corrected chi connectivity index (χ2v) is 7.28. The fraction of sp³-hybridized carbons (Fsp3) is 0.300. The van der Waals surface area contributed by atoms with Gasteiger partial charge in [-0.25, -0.2) is 4.98 Å². The molecule has 27 heavy (non-hydrogen) atoms. The zero-order valence-corrected chi connectivity index (χ0v) is 17.1. The number of fused-ring (bicyclic) bond motifs is 1. The molecule has 7 heteroatoms. The van der Waals surface area contributed by atoms with Crippen LogP contribution < -0.4 is 9.64 Å². The zero-order chi connectivity index (χ0) is 18.4. The number of thiazole rings is 1. The molecule has 0 atom stereocenters. The van der Waals surface area contributed by atoms with Crippen molar-refractivity contribution in [3.8, 4) is 5.75 Å². The van der Waals surface area contributed by atoms with Gasteiger partial charge in [0.2, 0.25) is 0 Å². The van der Waals surface area contributed by atoms with Gasteiger partial charge in [0.25, 0.3) is 5.91 Å². The number of hydrogen-bond donors (Lipinski definition) is 0. The van der Waals surface area contributed by atoms with Gasteiger partial charge >= 0.3 is 0 Å². The summed E-state index contributed by atoms with van der Waals surface area (Å²) in [6.07, 6.45) is 0.875. The third-order valence-corrected chi connectivity index (χ3v) is 4.97. The van der Waals surface area contributed by atoms with E-state index in [1.165, 1.54) is 11.3 Å². The van der Waals surface area contributed by atoms with E-state index >= 15 is 0 Å². The van der Waals surface area contributed by atoms with E-state index in [9.17, 15) is 4.79 Å². The highest BCUT2D eigenvalue weighted by Gasteiger charge is 2.20. The fourth-order valence-electron chi connectivity index (χ4n) is 2.59. The maximum absolute atomic E-state index is 12.8. The molecule has 1 aromatic heterocycles. The molecule has 144 valence electrons. The minimum Gasteiger partial charge on any atom is -0.484 e. The molecule has 0 saturated heterocycles. The summed E-state index contributed by atoms with van der Waals surface area (Å²) in [4.78, 5) is 21.3. The lowest BCUT2D eigenvalue weighted by atomic mass is 10.3. The summed E-state index contributed by atoms with van der Waals surface area (Å²) in [5, 5.41) is 0.728. The van der Waals surface area contributed by atoms with Gasteiger partial charge in [0, 0.05) is 6.54 Å². The van der Waals surface area contributed by atoms with Gasteiger partial charge in [-0.15, -0.1) is 12.4 Å². The molecule has 1 heterocycles. The Kier molecular flexibility index (Phi) is 8.03. The van der Waals surface area contributed by atoms with Crippen molar-refractivity contribution >= 4 is 45.0 Å². The summed E-state index contributed by atoms with van der Waals surface area (Å²) in [5.74, 6) is 0.616. The third kappa shape index (κ3) is 5.92. The van der Waals surface area contributed by atoms with Crippen molar-refractivity contribution in [1.29, 1.82) is 0 Å². The van der Waals surface area contributed by atoms with Crippen LogP contribution in [0, 0.1) is 0 Å². The van der Waals surface area contributed by atoms with Crippen molar-refractivity contribution in [3.05, 3.63) is 54.6 Å². The van der Waals surface area contributed by atoms with E-state index in [1.807, 2.05) is 68.7 Å². The molecule has 0 saturated carbocycles. The van der Waals surface area contributed by atoms with Crippen LogP contribution >= 0.6 is 23.7 Å². The van der Waals surface area contributed by atoms with Gasteiger partial charge < -0.3 is 9.64 Å². The highest BCUT2D eigenvalue weighted by atomic mass is 35.5. The van der Waals surface area contributed by atoms with E-state index in [0.717, 1.165) is 28.3 Å². The Hall–Kier alpha value is -2.15. The average Bonchev–Trinajstić information content (AvgIpc) is 3.07. The second kappa shape index (κ2) is 10.3. The normalized spacial score (nSPS) is 10.6. The van der Waals surface area contributed by atoms with Crippen LogP contribution in [0.5, 0.6) is 5.75 Å². The second-order valence-electron chi connectivity index (χ2n) is 6.27. The van der Waals surface area contributed by atoms with Crippen LogP contribution in [0.1, 0.15) is 6.42 Å². The number of amides is 1. The van der Waals surface area contributed by atoms with Gasteiger partial charge in [0.15, 0.2) is 11.7 Å². The van der Waals surface area contributed by atoms with Crippen molar-refractivity contribution in [3.63, 3.8) is 0 Å². The van der Waals surface area contributed by atoms with Gasteiger partial charge in [-0.2, -0.15) is 0 Å². The number of anilines is 1. The number of carbonyl (C=O) groups excluding carboxylic acids is 1. The predicted molar refractivity (Wildman–Crippen MR) is 114 cm³/mol. The summed E-state index contributed by atoms with van der Waals surface area (Å²) >= 11 is 1.54. The first-order valence-corrected chi connectivity index (χ1v) is 9.43. The molecule has 0 aliphatic carbocycles. The van der Waals surface area contributed by atoms with Crippen LogP contribution in [-0.2, 0) is 4.79 Å². The number of benzene rings is 2. The number of aromatic nitrogens is 1. The van der Waals surface area contributed by atoms with Crippen LogP contribution in [0.25, 0.3) is 10.2 Å².